The van der Waals surface area contributed by atoms with E-state index in [-0.39, 0.29) is 24.4 Å². The van der Waals surface area contributed by atoms with Crippen molar-refractivity contribution < 1.29 is 9.21 Å². The molecule has 0 aliphatic rings. The Kier molecular flexibility index (Phi) is 4.79. The number of nitrogens with one attached hydrogen (secondary N) is 1. The van der Waals surface area contributed by atoms with Crippen LogP contribution in [0.2, 0.25) is 0 Å². The first-order valence-corrected chi connectivity index (χ1v) is 9.62. The Morgan fingerprint density at radius 3 is 2.75 bits per heavy atom. The number of nitrogens with zero attached hydrogens (tertiary/aromatic N) is 3. The summed E-state index contributed by atoms with van der Waals surface area (Å²) in [4.78, 5) is 29.0. The smallest absolute Gasteiger partial charge is 0.274 e. The number of aryl methyl sites for hydroxylation is 2. The molecule has 1 aromatic carbocycles. The summed E-state index contributed by atoms with van der Waals surface area (Å²) in [5.41, 5.74) is 1.18. The predicted octanol–water partition coefficient (Wildman–Crippen LogP) is 2.82. The Bertz CT molecular complexity index is 1220. The van der Waals surface area contributed by atoms with Crippen molar-refractivity contribution in [2.24, 2.45) is 7.05 Å². The monoisotopic (exact) mass is 394 g/mol. The third-order valence-electron chi connectivity index (χ3n) is 4.35. The van der Waals surface area contributed by atoms with Gasteiger partial charge in [0, 0.05) is 17.8 Å². The maximum atomic E-state index is 12.4. The maximum Gasteiger partial charge on any atom is 0.274 e. The number of fused-ring (bicyclic) bond motifs is 1. The average Bonchev–Trinajstić information content (AvgIpc) is 3.33. The van der Waals surface area contributed by atoms with Gasteiger partial charge in [-0.25, -0.2) is 9.67 Å². The van der Waals surface area contributed by atoms with Crippen LogP contribution in [0, 0.1) is 6.92 Å². The predicted molar refractivity (Wildman–Crippen MR) is 107 cm³/mol. The van der Waals surface area contributed by atoms with Gasteiger partial charge in [-0.15, -0.1) is 11.3 Å². The molecule has 4 aromatic rings. The van der Waals surface area contributed by atoms with Crippen molar-refractivity contribution in [2.45, 2.75) is 19.9 Å². The Hall–Kier alpha value is -3.26. The first-order valence-electron chi connectivity index (χ1n) is 8.74. The van der Waals surface area contributed by atoms with Crippen LogP contribution in [0.3, 0.4) is 0 Å². The van der Waals surface area contributed by atoms with Crippen molar-refractivity contribution in [3.8, 4) is 11.5 Å². The van der Waals surface area contributed by atoms with Gasteiger partial charge in [0.1, 0.15) is 11.5 Å². The van der Waals surface area contributed by atoms with Crippen molar-refractivity contribution in [1.82, 2.24) is 20.1 Å². The van der Waals surface area contributed by atoms with Crippen molar-refractivity contribution in [3.05, 3.63) is 68.6 Å². The lowest BCUT2D eigenvalue weighted by molar-refractivity contribution is -0.120. The topological polar surface area (TPSA) is 90.0 Å². The van der Waals surface area contributed by atoms with Crippen molar-refractivity contribution >= 4 is 28.0 Å². The van der Waals surface area contributed by atoms with Gasteiger partial charge in [0.05, 0.1) is 29.1 Å². The summed E-state index contributed by atoms with van der Waals surface area (Å²) < 4.78 is 7.02. The van der Waals surface area contributed by atoms with Crippen LogP contribution in [0.5, 0.6) is 0 Å². The molecule has 0 fully saturated rings. The van der Waals surface area contributed by atoms with E-state index in [1.165, 1.54) is 4.68 Å². The zero-order valence-electron chi connectivity index (χ0n) is 15.4. The van der Waals surface area contributed by atoms with Crippen LogP contribution in [0.25, 0.3) is 22.2 Å². The van der Waals surface area contributed by atoms with Crippen LogP contribution in [-0.4, -0.2) is 20.7 Å². The summed E-state index contributed by atoms with van der Waals surface area (Å²) in [6.45, 7) is 2.21. The highest BCUT2D eigenvalue weighted by Crippen LogP contribution is 2.23. The van der Waals surface area contributed by atoms with Crippen LogP contribution in [0.15, 0.2) is 51.0 Å². The molecule has 142 valence electrons. The van der Waals surface area contributed by atoms with Gasteiger partial charge in [-0.05, 0) is 25.1 Å². The van der Waals surface area contributed by atoms with Gasteiger partial charge in [-0.3, -0.25) is 9.59 Å². The summed E-state index contributed by atoms with van der Waals surface area (Å²) in [6.07, 6.45) is 0.0769. The summed E-state index contributed by atoms with van der Waals surface area (Å²) in [5, 5.41) is 11.2. The number of rotatable bonds is 5. The number of amides is 1. The molecule has 1 N–H and O–H groups in total. The summed E-state index contributed by atoms with van der Waals surface area (Å²) in [6, 6.07) is 10.8. The lowest BCUT2D eigenvalue weighted by Gasteiger charge is -2.08. The third kappa shape index (κ3) is 3.59. The Morgan fingerprint density at radius 1 is 1.21 bits per heavy atom. The Labute approximate surface area is 164 Å². The van der Waals surface area contributed by atoms with E-state index in [4.69, 9.17) is 4.42 Å². The molecule has 0 aliphatic carbocycles. The van der Waals surface area contributed by atoms with Crippen LogP contribution < -0.4 is 10.9 Å². The van der Waals surface area contributed by atoms with Crippen molar-refractivity contribution in [2.75, 3.05) is 0 Å². The molecule has 0 saturated heterocycles. The molecule has 0 bridgehead atoms. The van der Waals surface area contributed by atoms with Gasteiger partial charge in [0.25, 0.3) is 5.56 Å². The van der Waals surface area contributed by atoms with E-state index in [0.717, 1.165) is 10.7 Å². The highest BCUT2D eigenvalue weighted by atomic mass is 32.1. The molecule has 4 rings (SSSR count). The fraction of sp³-hybridized carbons (Fsp3) is 0.200. The van der Waals surface area contributed by atoms with Gasteiger partial charge in [0.15, 0.2) is 5.76 Å². The second-order valence-corrected chi connectivity index (χ2v) is 7.45. The van der Waals surface area contributed by atoms with E-state index >= 15 is 0 Å². The molecule has 3 heterocycles. The molecule has 3 aromatic heterocycles. The Morgan fingerprint density at radius 2 is 2.00 bits per heavy atom. The largest absolute Gasteiger partial charge is 0.458 e. The second kappa shape index (κ2) is 7.40. The van der Waals surface area contributed by atoms with E-state index < -0.39 is 0 Å². The average molecular weight is 394 g/mol. The van der Waals surface area contributed by atoms with Gasteiger partial charge in [0.2, 0.25) is 5.91 Å². The molecule has 0 unspecified atom stereocenters. The lowest BCUT2D eigenvalue weighted by atomic mass is 10.1. The number of thiazole rings is 1. The summed E-state index contributed by atoms with van der Waals surface area (Å²) >= 11 is 1.56. The van der Waals surface area contributed by atoms with Crippen LogP contribution in [0.1, 0.15) is 16.5 Å². The highest BCUT2D eigenvalue weighted by Gasteiger charge is 2.13. The summed E-state index contributed by atoms with van der Waals surface area (Å²) in [5.74, 6) is 1.13. The SMILES string of the molecule is Cc1nc(-c2ccc(CNC(=O)Cc3nn(C)c(=O)c4ccccc34)o2)cs1. The normalized spacial score (nSPS) is 11.1. The molecule has 0 spiro atoms. The molecule has 28 heavy (non-hydrogen) atoms. The number of hydrogen-bond acceptors (Lipinski definition) is 6. The van der Waals surface area contributed by atoms with E-state index in [0.29, 0.717) is 28.0 Å². The van der Waals surface area contributed by atoms with Crippen LogP contribution >= 0.6 is 11.3 Å². The molecule has 8 heteroatoms. The van der Waals surface area contributed by atoms with E-state index in [1.54, 1.807) is 36.6 Å². The fourth-order valence-corrected chi connectivity index (χ4v) is 3.60. The fourth-order valence-electron chi connectivity index (χ4n) is 2.99. The van der Waals surface area contributed by atoms with Gasteiger partial charge < -0.3 is 9.73 Å². The lowest BCUT2D eigenvalue weighted by Crippen LogP contribution is -2.27. The molecule has 1 amide bonds. The minimum absolute atomic E-state index is 0.0769. The number of carbonyl (C=O) groups is 1. The number of furan rings is 1. The number of hydrogen-bond donors (Lipinski definition) is 1. The molecular formula is C20H18N4O3S. The number of carbonyl (C=O) groups excluding carboxylic acids is 1. The van der Waals surface area contributed by atoms with Crippen molar-refractivity contribution in [3.63, 3.8) is 0 Å². The molecular weight excluding hydrogens is 376 g/mol. The Balaban J connectivity index is 1.46. The zero-order valence-corrected chi connectivity index (χ0v) is 16.2. The van der Waals surface area contributed by atoms with Gasteiger partial charge in [-0.2, -0.15) is 5.10 Å². The number of benzene rings is 1. The second-order valence-electron chi connectivity index (χ2n) is 6.39. The van der Waals surface area contributed by atoms with Crippen molar-refractivity contribution in [1.29, 1.82) is 0 Å². The van der Waals surface area contributed by atoms with E-state index in [2.05, 4.69) is 15.4 Å². The van der Waals surface area contributed by atoms with Crippen LogP contribution in [-0.2, 0) is 24.8 Å². The third-order valence-corrected chi connectivity index (χ3v) is 5.13. The van der Waals surface area contributed by atoms with E-state index in [1.807, 2.05) is 30.5 Å². The minimum atomic E-state index is -0.196. The quantitative estimate of drug-likeness (QED) is 0.562. The zero-order chi connectivity index (χ0) is 19.7. The standard InChI is InChI=1S/C20H18N4O3S/c1-12-22-17(11-28-12)18-8-7-13(27-18)10-21-19(25)9-16-14-5-3-4-6-15(14)20(26)24(2)23-16/h3-8,11H,9-10H2,1-2H3,(H,21,25). The van der Waals surface area contributed by atoms with E-state index in [9.17, 15) is 9.59 Å². The summed E-state index contributed by atoms with van der Waals surface area (Å²) in [7, 11) is 1.58. The first kappa shape index (κ1) is 18.1. The van der Waals surface area contributed by atoms with Gasteiger partial charge in [-0.1, -0.05) is 18.2 Å². The molecule has 0 saturated carbocycles. The van der Waals surface area contributed by atoms with Crippen LogP contribution in [0.4, 0.5) is 0 Å². The number of aromatic nitrogens is 3. The highest BCUT2D eigenvalue weighted by molar-refractivity contribution is 7.09. The first-order chi connectivity index (χ1) is 13.5. The molecule has 0 aliphatic heterocycles. The molecule has 0 radical (unpaired) electrons. The molecule has 7 nitrogen and oxygen atoms in total. The van der Waals surface area contributed by atoms with Gasteiger partial charge >= 0.3 is 0 Å². The minimum Gasteiger partial charge on any atom is -0.458 e. The molecule has 0 atom stereocenters. The maximum absolute atomic E-state index is 12.4.